The van der Waals surface area contributed by atoms with E-state index in [9.17, 15) is 9.59 Å². The molecule has 0 aliphatic rings. The molecule has 0 radical (unpaired) electrons. The van der Waals surface area contributed by atoms with Gasteiger partial charge in [-0.3, -0.25) is 9.59 Å². The number of carbonyl (C=O) groups excluding carboxylic acids is 2. The van der Waals surface area contributed by atoms with Crippen molar-refractivity contribution in [3.8, 4) is 0 Å². The number of H-pyrrole nitrogens is 1. The van der Waals surface area contributed by atoms with Crippen molar-refractivity contribution >= 4 is 22.7 Å². The highest BCUT2D eigenvalue weighted by molar-refractivity contribution is 6.09. The highest BCUT2D eigenvalue weighted by Gasteiger charge is 2.21. The van der Waals surface area contributed by atoms with Crippen molar-refractivity contribution in [1.82, 2.24) is 9.97 Å². The number of amides is 1. The molecule has 20 heavy (non-hydrogen) atoms. The highest BCUT2D eigenvalue weighted by atomic mass is 16.1. The third-order valence-electron chi connectivity index (χ3n) is 3.26. The van der Waals surface area contributed by atoms with Gasteiger partial charge in [0.2, 0.25) is 0 Å². The molecule has 0 bridgehead atoms. The van der Waals surface area contributed by atoms with Crippen LogP contribution in [0.15, 0.2) is 12.1 Å². The number of nitrogens with one attached hydrogen (secondary N) is 1. The maximum atomic E-state index is 12.4. The lowest BCUT2D eigenvalue weighted by Crippen LogP contribution is -2.13. The minimum Gasteiger partial charge on any atom is -0.364 e. The molecule has 0 saturated heterocycles. The van der Waals surface area contributed by atoms with Crippen molar-refractivity contribution in [3.05, 3.63) is 29.1 Å². The quantitative estimate of drug-likeness (QED) is 0.820. The van der Waals surface area contributed by atoms with E-state index < -0.39 is 5.91 Å². The fourth-order valence-corrected chi connectivity index (χ4v) is 2.27. The largest absolute Gasteiger partial charge is 0.364 e. The third kappa shape index (κ3) is 2.43. The average Bonchev–Trinajstić information content (AvgIpc) is 2.74. The van der Waals surface area contributed by atoms with Gasteiger partial charge < -0.3 is 10.7 Å². The zero-order valence-electron chi connectivity index (χ0n) is 12.0. The molecule has 0 atom stereocenters. The zero-order chi connectivity index (χ0) is 14.9. The molecule has 0 spiro atoms. The van der Waals surface area contributed by atoms with Gasteiger partial charge in [0.05, 0.1) is 0 Å². The summed E-state index contributed by atoms with van der Waals surface area (Å²) in [6, 6.07) is 3.30. The molecule has 0 fully saturated rings. The van der Waals surface area contributed by atoms with E-state index >= 15 is 0 Å². The van der Waals surface area contributed by atoms with Crippen molar-refractivity contribution in [3.63, 3.8) is 0 Å². The predicted octanol–water partition coefficient (Wildman–Crippen LogP) is 2.45. The minimum absolute atomic E-state index is 0.0829. The number of hydrogen-bond acceptors (Lipinski definition) is 3. The second kappa shape index (κ2) is 5.45. The van der Waals surface area contributed by atoms with Crippen LogP contribution in [0.5, 0.6) is 0 Å². The van der Waals surface area contributed by atoms with Gasteiger partial charge in [0.25, 0.3) is 5.91 Å². The second-order valence-corrected chi connectivity index (χ2v) is 5.20. The Morgan fingerprint density at radius 1 is 1.35 bits per heavy atom. The number of aromatic nitrogens is 2. The number of pyridine rings is 1. The van der Waals surface area contributed by atoms with Crippen LogP contribution in [0.25, 0.3) is 11.0 Å². The van der Waals surface area contributed by atoms with Crippen molar-refractivity contribution in [2.75, 3.05) is 0 Å². The number of rotatable bonds is 5. The van der Waals surface area contributed by atoms with E-state index in [0.717, 1.165) is 23.9 Å². The summed E-state index contributed by atoms with van der Waals surface area (Å²) in [4.78, 5) is 30.9. The molecular formula is C15H19N3O2. The molecule has 0 unspecified atom stereocenters. The van der Waals surface area contributed by atoms with E-state index in [1.54, 1.807) is 12.1 Å². The van der Waals surface area contributed by atoms with Crippen LogP contribution in [-0.2, 0) is 6.42 Å². The lowest BCUT2D eigenvalue weighted by atomic mass is 9.97. The molecule has 3 N–H and O–H groups in total. The molecule has 2 heterocycles. The van der Waals surface area contributed by atoms with Crippen LogP contribution < -0.4 is 5.73 Å². The van der Waals surface area contributed by atoms with Gasteiger partial charge in [0.1, 0.15) is 11.3 Å². The maximum Gasteiger partial charge on any atom is 0.267 e. The first-order chi connectivity index (χ1) is 9.45. The fourth-order valence-electron chi connectivity index (χ4n) is 2.27. The monoisotopic (exact) mass is 273 g/mol. The van der Waals surface area contributed by atoms with Crippen LogP contribution >= 0.6 is 0 Å². The highest BCUT2D eigenvalue weighted by Crippen LogP contribution is 2.25. The number of aromatic amines is 1. The summed E-state index contributed by atoms with van der Waals surface area (Å²) in [6.07, 6.45) is 1.70. The first-order valence-corrected chi connectivity index (χ1v) is 6.81. The van der Waals surface area contributed by atoms with E-state index in [0.29, 0.717) is 11.2 Å². The molecule has 5 nitrogen and oxygen atoms in total. The molecule has 5 heteroatoms. The van der Waals surface area contributed by atoms with E-state index in [4.69, 9.17) is 5.73 Å². The number of carbonyl (C=O) groups is 2. The third-order valence-corrected chi connectivity index (χ3v) is 3.26. The summed E-state index contributed by atoms with van der Waals surface area (Å²) < 4.78 is 0. The normalized spacial score (nSPS) is 11.2. The molecule has 0 aliphatic carbocycles. The lowest BCUT2D eigenvalue weighted by molar-refractivity contribution is 0.0939. The Kier molecular flexibility index (Phi) is 3.88. The number of fused-ring (bicyclic) bond motifs is 1. The smallest absolute Gasteiger partial charge is 0.267 e. The topological polar surface area (TPSA) is 88.8 Å². The Labute approximate surface area is 117 Å². The van der Waals surface area contributed by atoms with Crippen LogP contribution in [0.2, 0.25) is 0 Å². The van der Waals surface area contributed by atoms with Crippen LogP contribution in [0.1, 0.15) is 53.7 Å². The average molecular weight is 273 g/mol. The number of Topliss-reactive ketones (excluding diaryl/α,β-unsaturated/α-hetero) is 1. The van der Waals surface area contributed by atoms with Gasteiger partial charge in [-0.15, -0.1) is 0 Å². The zero-order valence-corrected chi connectivity index (χ0v) is 12.0. The fraction of sp³-hybridized carbons (Fsp3) is 0.400. The molecule has 106 valence electrons. The Bertz CT molecular complexity index is 671. The Morgan fingerprint density at radius 3 is 2.60 bits per heavy atom. The van der Waals surface area contributed by atoms with E-state index in [2.05, 4.69) is 16.9 Å². The van der Waals surface area contributed by atoms with Crippen LogP contribution in [0, 0.1) is 5.92 Å². The first kappa shape index (κ1) is 14.2. The molecule has 2 rings (SSSR count). The van der Waals surface area contributed by atoms with Crippen molar-refractivity contribution in [1.29, 1.82) is 0 Å². The number of hydrogen-bond donors (Lipinski definition) is 2. The Balaban J connectivity index is 2.66. The van der Waals surface area contributed by atoms with Crippen molar-refractivity contribution < 1.29 is 9.59 Å². The number of nitrogens with two attached hydrogens (primary N) is 1. The van der Waals surface area contributed by atoms with E-state index in [1.165, 1.54) is 0 Å². The standard InChI is InChI=1S/C15H19N3O2/c1-4-5-10-12(13(19)8(2)3)9-6-7-11(14(16)20)18-15(9)17-10/h6-8H,4-5H2,1-3H3,(H2,16,20)(H,17,18). The van der Waals surface area contributed by atoms with Gasteiger partial charge in [-0.1, -0.05) is 27.2 Å². The summed E-state index contributed by atoms with van der Waals surface area (Å²) in [7, 11) is 0. The second-order valence-electron chi connectivity index (χ2n) is 5.20. The molecule has 2 aromatic rings. The summed E-state index contributed by atoms with van der Waals surface area (Å²) >= 11 is 0. The van der Waals surface area contributed by atoms with Gasteiger partial charge in [0.15, 0.2) is 5.78 Å². The van der Waals surface area contributed by atoms with Gasteiger partial charge >= 0.3 is 0 Å². The van der Waals surface area contributed by atoms with Gasteiger partial charge in [-0.25, -0.2) is 4.98 Å². The molecule has 0 aromatic carbocycles. The number of nitrogens with zero attached hydrogens (tertiary/aromatic N) is 1. The summed E-state index contributed by atoms with van der Waals surface area (Å²) in [6.45, 7) is 5.81. The van der Waals surface area contributed by atoms with Gasteiger partial charge in [-0.2, -0.15) is 0 Å². The molecule has 1 amide bonds. The molecular weight excluding hydrogens is 254 g/mol. The predicted molar refractivity (Wildman–Crippen MR) is 77.8 cm³/mol. The van der Waals surface area contributed by atoms with Gasteiger partial charge in [0, 0.05) is 22.6 Å². The van der Waals surface area contributed by atoms with Crippen molar-refractivity contribution in [2.24, 2.45) is 11.7 Å². The van der Waals surface area contributed by atoms with E-state index in [-0.39, 0.29) is 17.4 Å². The van der Waals surface area contributed by atoms with Crippen LogP contribution in [0.4, 0.5) is 0 Å². The molecule has 0 aliphatic heterocycles. The summed E-state index contributed by atoms with van der Waals surface area (Å²) in [5.41, 5.74) is 7.56. The van der Waals surface area contributed by atoms with Crippen LogP contribution in [-0.4, -0.2) is 21.7 Å². The van der Waals surface area contributed by atoms with E-state index in [1.807, 2.05) is 13.8 Å². The maximum absolute atomic E-state index is 12.4. The Hall–Kier alpha value is -2.17. The SMILES string of the molecule is CCCc1[nH]c2nc(C(N)=O)ccc2c1C(=O)C(C)C. The lowest BCUT2D eigenvalue weighted by Gasteiger charge is -2.05. The molecule has 0 saturated carbocycles. The van der Waals surface area contributed by atoms with Gasteiger partial charge in [-0.05, 0) is 18.6 Å². The minimum atomic E-state index is -0.574. The number of ketones is 1. The number of primary amides is 1. The summed E-state index contributed by atoms with van der Waals surface area (Å²) in [5, 5.41) is 0.761. The van der Waals surface area contributed by atoms with Crippen LogP contribution in [0.3, 0.4) is 0 Å². The molecule has 2 aromatic heterocycles. The Morgan fingerprint density at radius 2 is 2.05 bits per heavy atom. The first-order valence-electron chi connectivity index (χ1n) is 6.81. The van der Waals surface area contributed by atoms with Crippen molar-refractivity contribution in [2.45, 2.75) is 33.6 Å². The summed E-state index contributed by atoms with van der Waals surface area (Å²) in [5.74, 6) is -0.566. The number of aryl methyl sites for hydroxylation is 1.